The van der Waals surface area contributed by atoms with Crippen molar-refractivity contribution in [1.29, 1.82) is 10.5 Å². The Morgan fingerprint density at radius 1 is 0.914 bits per heavy atom. The summed E-state index contributed by atoms with van der Waals surface area (Å²) in [6.45, 7) is 14.6. The summed E-state index contributed by atoms with van der Waals surface area (Å²) in [4.78, 5) is 12.4. The predicted octanol–water partition coefficient (Wildman–Crippen LogP) is 4.75. The monoisotopic (exact) mass is 524 g/mol. The highest BCUT2D eigenvalue weighted by atomic mass is 28.4. The Hall–Kier alpha value is -1.64. The summed E-state index contributed by atoms with van der Waals surface area (Å²) in [5.74, 6) is -0.105. The molecule has 0 saturated carbocycles. The molecule has 0 aliphatic heterocycles. The lowest BCUT2D eigenvalue weighted by Gasteiger charge is -2.34. The maximum absolute atomic E-state index is 12.4. The summed E-state index contributed by atoms with van der Waals surface area (Å²) in [6, 6.07) is 6.44. The number of nitrogens with one attached hydrogen (secondary N) is 2. The molecule has 0 aliphatic rings. The first kappa shape index (κ1) is 33.4. The largest absolute Gasteiger partial charge is 0.455 e. The van der Waals surface area contributed by atoms with Crippen LogP contribution in [0.25, 0.3) is 0 Å². The third-order valence-electron chi connectivity index (χ3n) is 5.86. The van der Waals surface area contributed by atoms with Gasteiger partial charge in [-0.25, -0.2) is 0 Å². The molecule has 2 N–H and O–H groups in total. The minimum atomic E-state index is -1.78. The lowest BCUT2D eigenvalue weighted by molar-refractivity contribution is -0.121. The fourth-order valence-corrected chi connectivity index (χ4v) is 12.6. The Labute approximate surface area is 215 Å². The normalized spacial score (nSPS) is 15.7. The van der Waals surface area contributed by atoms with E-state index in [0.29, 0.717) is 26.0 Å². The van der Waals surface area contributed by atoms with E-state index in [1.807, 2.05) is 7.05 Å². The molecule has 0 aromatic carbocycles. The van der Waals surface area contributed by atoms with E-state index in [9.17, 15) is 15.3 Å². The predicted molar refractivity (Wildman–Crippen MR) is 145 cm³/mol. The molecule has 2 atom stereocenters. The van der Waals surface area contributed by atoms with Crippen molar-refractivity contribution in [2.75, 3.05) is 33.9 Å². The van der Waals surface area contributed by atoms with Crippen LogP contribution in [0.15, 0.2) is 10.2 Å². The van der Waals surface area contributed by atoms with Crippen LogP contribution in [0.5, 0.6) is 0 Å². The van der Waals surface area contributed by atoms with Gasteiger partial charge in [-0.3, -0.25) is 4.79 Å². The molecule has 0 heterocycles. The van der Waals surface area contributed by atoms with Crippen molar-refractivity contribution in [3.05, 3.63) is 0 Å². The van der Waals surface area contributed by atoms with Crippen molar-refractivity contribution < 1.29 is 13.6 Å². The molecule has 35 heavy (non-hydrogen) atoms. The first-order valence-corrected chi connectivity index (χ1v) is 18.9. The number of carbonyl (C=O) groups is 1. The van der Waals surface area contributed by atoms with Crippen molar-refractivity contribution in [3.8, 4) is 12.1 Å². The molecule has 0 saturated heterocycles. The Morgan fingerprint density at radius 3 is 1.91 bits per heavy atom. The number of rotatable bonds is 19. The molecule has 9 nitrogen and oxygen atoms in total. The second kappa shape index (κ2) is 16.2. The smallest absolute Gasteiger partial charge is 0.220 e. The molecule has 0 aliphatic carbocycles. The van der Waals surface area contributed by atoms with Crippen LogP contribution in [0.2, 0.25) is 38.3 Å². The van der Waals surface area contributed by atoms with Crippen molar-refractivity contribution in [2.45, 2.75) is 102 Å². The van der Waals surface area contributed by atoms with Crippen LogP contribution < -0.4 is 10.6 Å². The number of nitrogens with zero attached hydrogens (tertiary/aromatic N) is 4. The molecule has 0 aromatic rings. The summed E-state index contributed by atoms with van der Waals surface area (Å²) < 4.78 is 11.7. The second-order valence-corrected chi connectivity index (χ2v) is 19.7. The van der Waals surface area contributed by atoms with Gasteiger partial charge < -0.3 is 19.5 Å². The van der Waals surface area contributed by atoms with Crippen LogP contribution in [-0.4, -0.2) is 67.5 Å². The molecule has 1 amide bonds. The summed E-state index contributed by atoms with van der Waals surface area (Å²) in [5.41, 5.74) is -2.16. The van der Waals surface area contributed by atoms with E-state index in [0.717, 1.165) is 31.5 Å². The summed E-state index contributed by atoms with van der Waals surface area (Å²) in [5, 5.41) is 33.5. The van der Waals surface area contributed by atoms with Gasteiger partial charge >= 0.3 is 0 Å². The Morgan fingerprint density at radius 2 is 1.43 bits per heavy atom. The van der Waals surface area contributed by atoms with E-state index in [2.05, 4.69) is 59.2 Å². The van der Waals surface area contributed by atoms with E-state index >= 15 is 0 Å². The fourth-order valence-electron chi connectivity index (χ4n) is 3.77. The maximum Gasteiger partial charge on any atom is 0.220 e. The van der Waals surface area contributed by atoms with Gasteiger partial charge in [-0.2, -0.15) is 20.8 Å². The zero-order chi connectivity index (χ0) is 27.0. The minimum Gasteiger partial charge on any atom is -0.455 e. The molecule has 0 radical (unpaired) electrons. The van der Waals surface area contributed by atoms with E-state index in [1.54, 1.807) is 21.0 Å². The van der Waals surface area contributed by atoms with E-state index in [1.165, 1.54) is 0 Å². The average molecular weight is 525 g/mol. The Kier molecular flexibility index (Phi) is 15.4. The minimum absolute atomic E-state index is 0.105. The van der Waals surface area contributed by atoms with Gasteiger partial charge in [-0.1, -0.05) is 0 Å². The quantitative estimate of drug-likeness (QED) is 0.142. The summed E-state index contributed by atoms with van der Waals surface area (Å²) in [6.07, 6.45) is 3.60. The number of nitriles is 2. The van der Waals surface area contributed by atoms with Crippen LogP contribution in [0, 0.1) is 22.7 Å². The third kappa shape index (κ3) is 15.9. The number of carbonyl (C=O) groups excluding carboxylic acids is 1. The van der Waals surface area contributed by atoms with E-state index < -0.39 is 27.7 Å². The average Bonchev–Trinajstić information content (AvgIpc) is 2.79. The van der Waals surface area contributed by atoms with Gasteiger partial charge in [0.05, 0.1) is 12.1 Å². The lowest BCUT2D eigenvalue weighted by Crippen LogP contribution is -2.44. The van der Waals surface area contributed by atoms with Gasteiger partial charge in [0, 0.05) is 26.7 Å². The highest BCUT2D eigenvalue weighted by Gasteiger charge is 2.32. The van der Waals surface area contributed by atoms with Gasteiger partial charge in [0.1, 0.15) is 0 Å². The number of ether oxygens (including phenoxy) is 1. The fraction of sp³-hybridized carbons (Fsp3) is 0.875. The van der Waals surface area contributed by atoms with Crippen molar-refractivity contribution in [1.82, 2.24) is 10.6 Å². The van der Waals surface area contributed by atoms with Gasteiger partial charge in [0.15, 0.2) is 27.7 Å². The highest BCUT2D eigenvalue weighted by molar-refractivity contribution is 6.84. The van der Waals surface area contributed by atoms with Crippen molar-refractivity contribution in [3.63, 3.8) is 0 Å². The van der Waals surface area contributed by atoms with Crippen LogP contribution in [0.4, 0.5) is 0 Å². The molecular weight excluding hydrogens is 476 g/mol. The maximum atomic E-state index is 12.4. The molecule has 0 aromatic heterocycles. The zero-order valence-electron chi connectivity index (χ0n) is 23.3. The van der Waals surface area contributed by atoms with Gasteiger partial charge in [0.2, 0.25) is 5.91 Å². The number of amides is 1. The molecular formula is C24H48N6O3Si2. The molecule has 200 valence electrons. The highest BCUT2D eigenvalue weighted by Crippen LogP contribution is 2.24. The SMILES string of the molecule is CNCCC[Si](C)(C)O[Si](C)(C)CCCNC(=O)CCC(C)(C#N)N=NC(C)(C#N)CCCOC. The van der Waals surface area contributed by atoms with E-state index in [4.69, 9.17) is 8.85 Å². The van der Waals surface area contributed by atoms with Crippen LogP contribution >= 0.6 is 0 Å². The molecule has 0 spiro atoms. The second-order valence-electron chi connectivity index (χ2n) is 10.8. The van der Waals surface area contributed by atoms with Crippen LogP contribution in [0.1, 0.15) is 52.4 Å². The zero-order valence-corrected chi connectivity index (χ0v) is 25.3. The Balaban J connectivity index is 4.55. The molecule has 11 heteroatoms. The molecule has 0 bridgehead atoms. The van der Waals surface area contributed by atoms with Gasteiger partial charge in [-0.15, -0.1) is 0 Å². The van der Waals surface area contributed by atoms with Crippen molar-refractivity contribution in [2.24, 2.45) is 10.2 Å². The third-order valence-corrected chi connectivity index (χ3v) is 13.4. The summed E-state index contributed by atoms with van der Waals surface area (Å²) >= 11 is 0. The molecule has 0 fully saturated rings. The number of hydrogen-bond acceptors (Lipinski definition) is 8. The first-order valence-electron chi connectivity index (χ1n) is 12.6. The molecule has 2 unspecified atom stereocenters. The van der Waals surface area contributed by atoms with Gasteiger partial charge in [0.25, 0.3) is 0 Å². The van der Waals surface area contributed by atoms with Crippen molar-refractivity contribution >= 4 is 22.5 Å². The standard InChI is InChI=1S/C24H48N6O3Si2/c1-23(20-25,13-9-17-32-4)29-30-24(2,21-26)14-12-22(31)28-16-11-19-35(7,8)33-34(5,6)18-10-15-27-3/h27H,9-19H2,1-8H3,(H,28,31). The van der Waals surface area contributed by atoms with Crippen LogP contribution in [-0.2, 0) is 13.6 Å². The van der Waals surface area contributed by atoms with Crippen LogP contribution in [0.3, 0.4) is 0 Å². The Bertz CT molecular complexity index is 751. The number of azo groups is 1. The van der Waals surface area contributed by atoms with Gasteiger partial charge in [-0.05, 0) is 97.8 Å². The molecule has 0 rings (SSSR count). The number of methoxy groups -OCH3 is 1. The summed E-state index contributed by atoms with van der Waals surface area (Å²) in [7, 11) is 0.126. The first-order chi connectivity index (χ1) is 16.3. The number of hydrogen-bond donors (Lipinski definition) is 2. The topological polar surface area (TPSA) is 132 Å². The van der Waals surface area contributed by atoms with E-state index in [-0.39, 0.29) is 18.7 Å². The lowest BCUT2D eigenvalue weighted by atomic mass is 9.97.